The summed E-state index contributed by atoms with van der Waals surface area (Å²) in [5.74, 6) is -0.218. The maximum absolute atomic E-state index is 13.2. The monoisotopic (exact) mass is 499 g/mol. The molecule has 0 aliphatic rings. The van der Waals surface area contributed by atoms with E-state index in [0.29, 0.717) is 21.4 Å². The minimum atomic E-state index is -4.05. The lowest BCUT2D eigenvalue weighted by molar-refractivity contribution is -0.121. The summed E-state index contributed by atoms with van der Waals surface area (Å²) < 4.78 is 32.5. The van der Waals surface area contributed by atoms with E-state index in [4.69, 9.17) is 39.2 Å². The minimum absolute atomic E-state index is 0.0196. The number of hydrogen-bond donors (Lipinski definition) is 1. The largest absolute Gasteiger partial charge is 0.463 e. The molecule has 3 aromatic rings. The molecule has 1 amide bonds. The molecule has 0 saturated carbocycles. The number of halogens is 3. The van der Waals surface area contributed by atoms with E-state index >= 15 is 0 Å². The highest BCUT2D eigenvalue weighted by molar-refractivity contribution is 7.89. The van der Waals surface area contributed by atoms with Crippen molar-refractivity contribution < 1.29 is 17.6 Å². The molecule has 0 atom stereocenters. The maximum Gasteiger partial charge on any atom is 0.255 e. The third-order valence-corrected chi connectivity index (χ3v) is 6.70. The number of rotatable bonds is 8. The summed E-state index contributed by atoms with van der Waals surface area (Å²) in [6, 6.07) is 13.6. The summed E-state index contributed by atoms with van der Waals surface area (Å²) in [7, 11) is -4.05. The molecule has 0 aliphatic carbocycles. The fraction of sp³-hybridized carbons (Fsp3) is 0.100. The van der Waals surface area contributed by atoms with Gasteiger partial charge in [0.2, 0.25) is 10.0 Å². The van der Waals surface area contributed by atoms with E-state index < -0.39 is 22.5 Å². The number of nitrogens with one attached hydrogen (secondary N) is 1. The summed E-state index contributed by atoms with van der Waals surface area (Å²) in [6.07, 6.45) is 2.76. The number of carbonyl (C=O) groups is 1. The van der Waals surface area contributed by atoms with Crippen molar-refractivity contribution in [3.05, 3.63) is 87.3 Å². The molecule has 0 radical (unpaired) electrons. The molecule has 1 N–H and O–H groups in total. The van der Waals surface area contributed by atoms with Crippen LogP contribution in [0.25, 0.3) is 0 Å². The minimum Gasteiger partial charge on any atom is -0.463 e. The third kappa shape index (κ3) is 6.32. The first-order valence-corrected chi connectivity index (χ1v) is 11.4. The molecule has 3 rings (SSSR count). The second-order valence-electron chi connectivity index (χ2n) is 6.27. The van der Waals surface area contributed by atoms with Crippen LogP contribution >= 0.6 is 34.8 Å². The van der Waals surface area contributed by atoms with Crippen LogP contribution in [0.3, 0.4) is 0 Å². The van der Waals surface area contributed by atoms with E-state index in [1.807, 2.05) is 0 Å². The van der Waals surface area contributed by atoms with Crippen molar-refractivity contribution in [1.82, 2.24) is 9.73 Å². The standard InChI is InChI=1S/C20H16Cl3N3O4S/c21-15-5-7-18(8-6-15)31(28,29)26(12-14-3-4-16(22)10-19(14)23)13-20(27)25-24-11-17-2-1-9-30-17/h1-11H,12-13H2,(H,25,27)/b24-11-. The Morgan fingerprint density at radius 3 is 2.42 bits per heavy atom. The Morgan fingerprint density at radius 2 is 1.77 bits per heavy atom. The molecule has 31 heavy (non-hydrogen) atoms. The lowest BCUT2D eigenvalue weighted by Crippen LogP contribution is -2.39. The molecule has 1 heterocycles. The molecule has 11 heteroatoms. The smallest absolute Gasteiger partial charge is 0.255 e. The van der Waals surface area contributed by atoms with E-state index in [-0.39, 0.29) is 16.5 Å². The molecule has 1 aromatic heterocycles. The molecule has 0 fully saturated rings. The first-order chi connectivity index (χ1) is 14.8. The highest BCUT2D eigenvalue weighted by Gasteiger charge is 2.27. The average Bonchev–Trinajstić information content (AvgIpc) is 3.23. The predicted octanol–water partition coefficient (Wildman–Crippen LogP) is 4.58. The van der Waals surface area contributed by atoms with Crippen molar-refractivity contribution in [2.45, 2.75) is 11.4 Å². The summed E-state index contributed by atoms with van der Waals surface area (Å²) in [5.41, 5.74) is 2.76. The Balaban J connectivity index is 1.84. The van der Waals surface area contributed by atoms with Gasteiger partial charge in [-0.3, -0.25) is 4.79 Å². The number of hydrogen-bond acceptors (Lipinski definition) is 5. The fourth-order valence-electron chi connectivity index (χ4n) is 2.55. The van der Waals surface area contributed by atoms with Gasteiger partial charge in [0, 0.05) is 21.6 Å². The Bertz CT molecular complexity index is 1180. The van der Waals surface area contributed by atoms with Gasteiger partial charge in [-0.15, -0.1) is 0 Å². The van der Waals surface area contributed by atoms with Gasteiger partial charge in [-0.25, -0.2) is 13.8 Å². The van der Waals surface area contributed by atoms with Gasteiger partial charge in [-0.2, -0.15) is 9.41 Å². The number of carbonyl (C=O) groups excluding carboxylic acids is 1. The summed E-state index contributed by atoms with van der Waals surface area (Å²) >= 11 is 18.0. The van der Waals surface area contributed by atoms with E-state index in [9.17, 15) is 13.2 Å². The molecule has 0 saturated heterocycles. The third-order valence-electron chi connectivity index (χ3n) is 4.06. The molecular weight excluding hydrogens is 485 g/mol. The van der Waals surface area contributed by atoms with E-state index in [0.717, 1.165) is 4.31 Å². The molecule has 0 spiro atoms. The number of nitrogens with zero attached hydrogens (tertiary/aromatic N) is 2. The molecule has 162 valence electrons. The molecule has 0 bridgehead atoms. The lowest BCUT2D eigenvalue weighted by atomic mass is 10.2. The zero-order valence-electron chi connectivity index (χ0n) is 15.8. The van der Waals surface area contributed by atoms with Crippen LogP contribution in [0.4, 0.5) is 0 Å². The first kappa shape index (κ1) is 23.3. The summed E-state index contributed by atoms with van der Waals surface area (Å²) in [6.45, 7) is -0.657. The van der Waals surface area contributed by atoms with Crippen LogP contribution in [0.5, 0.6) is 0 Å². The van der Waals surface area contributed by atoms with Crippen molar-refractivity contribution in [1.29, 1.82) is 0 Å². The zero-order chi connectivity index (χ0) is 22.4. The number of hydrazone groups is 1. The van der Waals surface area contributed by atoms with Gasteiger partial charge in [0.1, 0.15) is 5.76 Å². The van der Waals surface area contributed by atoms with Gasteiger partial charge in [-0.1, -0.05) is 40.9 Å². The average molecular weight is 501 g/mol. The van der Waals surface area contributed by atoms with Crippen molar-refractivity contribution in [2.75, 3.05) is 6.54 Å². The van der Waals surface area contributed by atoms with E-state index in [1.54, 1.807) is 24.3 Å². The SMILES string of the molecule is O=C(CN(Cc1ccc(Cl)cc1Cl)S(=O)(=O)c1ccc(Cl)cc1)N/N=C\c1ccco1. The molecular formula is C20H16Cl3N3O4S. The van der Waals surface area contributed by atoms with Gasteiger partial charge in [0.25, 0.3) is 5.91 Å². The lowest BCUT2D eigenvalue weighted by Gasteiger charge is -2.22. The van der Waals surface area contributed by atoms with Crippen LogP contribution < -0.4 is 5.43 Å². The van der Waals surface area contributed by atoms with Crippen LogP contribution in [0.1, 0.15) is 11.3 Å². The van der Waals surface area contributed by atoms with Gasteiger partial charge in [0.15, 0.2) is 0 Å². The second-order valence-corrected chi connectivity index (χ2v) is 9.49. The normalized spacial score (nSPS) is 11.9. The summed E-state index contributed by atoms with van der Waals surface area (Å²) in [5, 5.41) is 4.84. The van der Waals surface area contributed by atoms with Gasteiger partial charge < -0.3 is 4.42 Å². The maximum atomic E-state index is 13.2. The predicted molar refractivity (Wildman–Crippen MR) is 120 cm³/mol. The number of sulfonamides is 1. The highest BCUT2D eigenvalue weighted by Crippen LogP contribution is 2.25. The number of amides is 1. The van der Waals surface area contributed by atoms with Crippen molar-refractivity contribution >= 4 is 56.9 Å². The Hall–Kier alpha value is -2.36. The van der Waals surface area contributed by atoms with Crippen LogP contribution in [-0.2, 0) is 21.4 Å². The van der Waals surface area contributed by atoms with Crippen LogP contribution in [-0.4, -0.2) is 31.4 Å². The van der Waals surface area contributed by atoms with Crippen LogP contribution in [0.2, 0.25) is 15.1 Å². The topological polar surface area (TPSA) is 92.0 Å². The molecule has 7 nitrogen and oxygen atoms in total. The number of furan rings is 1. The van der Waals surface area contributed by atoms with Crippen LogP contribution in [0, 0.1) is 0 Å². The second kappa shape index (κ2) is 10.3. The summed E-state index contributed by atoms with van der Waals surface area (Å²) in [4.78, 5) is 12.4. The molecule has 0 aliphatic heterocycles. The van der Waals surface area contributed by atoms with Crippen molar-refractivity contribution in [3.63, 3.8) is 0 Å². The molecule has 0 unspecified atom stereocenters. The first-order valence-electron chi connectivity index (χ1n) is 8.81. The van der Waals surface area contributed by atoms with Crippen molar-refractivity contribution in [3.8, 4) is 0 Å². The van der Waals surface area contributed by atoms with Gasteiger partial charge >= 0.3 is 0 Å². The highest BCUT2D eigenvalue weighted by atomic mass is 35.5. The van der Waals surface area contributed by atoms with Crippen molar-refractivity contribution in [2.24, 2.45) is 5.10 Å². The Labute approximate surface area is 194 Å². The quantitative estimate of drug-likeness (QED) is 0.362. The number of benzene rings is 2. The Morgan fingerprint density at radius 1 is 1.06 bits per heavy atom. The zero-order valence-corrected chi connectivity index (χ0v) is 18.9. The van der Waals surface area contributed by atoms with Gasteiger partial charge in [-0.05, 0) is 54.1 Å². The van der Waals surface area contributed by atoms with Gasteiger partial charge in [0.05, 0.1) is 23.9 Å². The fourth-order valence-corrected chi connectivity index (χ4v) is 4.52. The Kier molecular flexibility index (Phi) is 7.74. The molecule has 2 aromatic carbocycles. The van der Waals surface area contributed by atoms with E-state index in [2.05, 4.69) is 10.5 Å². The van der Waals surface area contributed by atoms with Crippen LogP contribution in [0.15, 0.2) is 75.3 Å². The van der Waals surface area contributed by atoms with E-state index in [1.165, 1.54) is 42.8 Å².